The van der Waals surface area contributed by atoms with Gasteiger partial charge in [0, 0.05) is 13.0 Å². The second-order valence-corrected chi connectivity index (χ2v) is 4.15. The first-order valence-electron chi connectivity index (χ1n) is 5.58. The summed E-state index contributed by atoms with van der Waals surface area (Å²) in [5.41, 5.74) is 4.73. The summed E-state index contributed by atoms with van der Waals surface area (Å²) in [4.78, 5) is 0. The molecule has 2 rings (SSSR count). The third-order valence-corrected chi connectivity index (χ3v) is 3.06. The summed E-state index contributed by atoms with van der Waals surface area (Å²) >= 11 is 5.98. The Balaban J connectivity index is 2.52. The quantitative estimate of drug-likeness (QED) is 0.734. The maximum absolute atomic E-state index is 5.98. The molecular weight excluding hydrogens is 232 g/mol. The maximum atomic E-state index is 5.98. The van der Waals surface area contributed by atoms with Crippen LogP contribution in [0.2, 0.25) is 0 Å². The first-order valence-corrected chi connectivity index (χ1v) is 6.11. The van der Waals surface area contributed by atoms with Gasteiger partial charge in [0.25, 0.3) is 0 Å². The van der Waals surface area contributed by atoms with Crippen molar-refractivity contribution in [1.29, 1.82) is 0 Å². The zero-order valence-corrected chi connectivity index (χ0v) is 10.6. The lowest BCUT2D eigenvalue weighted by atomic mass is 9.96. The second kappa shape index (κ2) is 5.85. The van der Waals surface area contributed by atoms with Crippen molar-refractivity contribution in [1.82, 2.24) is 0 Å². The molecule has 0 fully saturated rings. The Morgan fingerprint density at radius 3 is 2.00 bits per heavy atom. The molecule has 0 atom stereocenters. The van der Waals surface area contributed by atoms with Gasteiger partial charge >= 0.3 is 0 Å². The Morgan fingerprint density at radius 1 is 0.882 bits per heavy atom. The molecule has 0 saturated carbocycles. The van der Waals surface area contributed by atoms with Gasteiger partial charge in [-0.15, -0.1) is 11.6 Å². The molecule has 0 radical (unpaired) electrons. The molecule has 2 aromatic carbocycles. The van der Waals surface area contributed by atoms with Crippen LogP contribution in [-0.2, 0) is 17.2 Å². The van der Waals surface area contributed by atoms with E-state index >= 15 is 0 Å². The van der Waals surface area contributed by atoms with Gasteiger partial charge in [-0.2, -0.15) is 0 Å². The van der Waals surface area contributed by atoms with E-state index in [4.69, 9.17) is 16.3 Å². The third-order valence-electron chi connectivity index (χ3n) is 2.77. The Hall–Kier alpha value is -1.31. The van der Waals surface area contributed by atoms with Crippen LogP contribution in [0.4, 0.5) is 0 Å². The second-order valence-electron chi connectivity index (χ2n) is 3.88. The number of hydrogen-bond acceptors (Lipinski definition) is 1. The molecule has 2 heteroatoms. The lowest BCUT2D eigenvalue weighted by Gasteiger charge is -2.12. The average Bonchev–Trinajstić information content (AvgIpc) is 2.40. The molecule has 0 aliphatic heterocycles. The zero-order valence-electron chi connectivity index (χ0n) is 9.82. The third kappa shape index (κ3) is 2.68. The normalized spacial score (nSPS) is 10.5. The van der Waals surface area contributed by atoms with Crippen LogP contribution in [-0.4, -0.2) is 7.11 Å². The number of halogens is 1. The molecule has 88 valence electrons. The van der Waals surface area contributed by atoms with Gasteiger partial charge in [0.2, 0.25) is 0 Å². The highest BCUT2D eigenvalue weighted by atomic mass is 35.5. The summed E-state index contributed by atoms with van der Waals surface area (Å²) in [6.45, 7) is 0.618. The van der Waals surface area contributed by atoms with E-state index in [1.54, 1.807) is 7.11 Å². The van der Waals surface area contributed by atoms with Crippen LogP contribution in [0.3, 0.4) is 0 Å². The number of rotatable bonds is 4. The highest BCUT2D eigenvalue weighted by Crippen LogP contribution is 2.28. The molecule has 0 aliphatic carbocycles. The number of methoxy groups -OCH3 is 1. The van der Waals surface area contributed by atoms with Crippen molar-refractivity contribution in [2.75, 3.05) is 7.11 Å². The lowest BCUT2D eigenvalue weighted by Crippen LogP contribution is -1.94. The highest BCUT2D eigenvalue weighted by Gasteiger charge is 2.07. The average molecular weight is 247 g/mol. The molecule has 0 amide bonds. The molecule has 0 aromatic heterocycles. The van der Waals surface area contributed by atoms with Crippen LogP contribution >= 0.6 is 11.6 Å². The summed E-state index contributed by atoms with van der Waals surface area (Å²) < 4.78 is 5.23. The minimum Gasteiger partial charge on any atom is -0.380 e. The molecule has 1 nitrogen and oxygen atoms in total. The van der Waals surface area contributed by atoms with E-state index in [9.17, 15) is 0 Å². The predicted octanol–water partition coefficient (Wildman–Crippen LogP) is 4.24. The summed E-state index contributed by atoms with van der Waals surface area (Å²) in [7, 11) is 1.71. The predicted molar refractivity (Wildman–Crippen MR) is 72.1 cm³/mol. The zero-order chi connectivity index (χ0) is 12.1. The smallest absolute Gasteiger partial charge is 0.0719 e. The monoisotopic (exact) mass is 246 g/mol. The standard InChI is InChI=1S/C15H15ClO/c1-17-11-13-7-3-5-9-15(13)14-8-4-2-6-12(14)10-16/h2-9H,10-11H2,1H3. The molecular formula is C15H15ClO. The van der Waals surface area contributed by atoms with Gasteiger partial charge in [-0.05, 0) is 22.3 Å². The molecule has 0 saturated heterocycles. The van der Waals surface area contributed by atoms with Gasteiger partial charge < -0.3 is 4.74 Å². The van der Waals surface area contributed by atoms with E-state index in [2.05, 4.69) is 24.3 Å². The molecule has 0 unspecified atom stereocenters. The van der Waals surface area contributed by atoms with Crippen molar-refractivity contribution in [2.24, 2.45) is 0 Å². The van der Waals surface area contributed by atoms with E-state index in [0.717, 1.165) is 5.56 Å². The summed E-state index contributed by atoms with van der Waals surface area (Å²) in [6.07, 6.45) is 0. The molecule has 0 spiro atoms. The fourth-order valence-electron chi connectivity index (χ4n) is 1.96. The topological polar surface area (TPSA) is 9.23 Å². The fourth-order valence-corrected chi connectivity index (χ4v) is 2.20. The molecule has 0 N–H and O–H groups in total. The van der Waals surface area contributed by atoms with Gasteiger partial charge in [-0.1, -0.05) is 48.5 Å². The molecule has 0 heterocycles. The number of hydrogen-bond donors (Lipinski definition) is 0. The van der Waals surface area contributed by atoms with Crippen molar-refractivity contribution in [3.05, 3.63) is 59.7 Å². The van der Waals surface area contributed by atoms with Gasteiger partial charge in [-0.25, -0.2) is 0 Å². The lowest BCUT2D eigenvalue weighted by molar-refractivity contribution is 0.185. The molecule has 0 aliphatic rings. The van der Waals surface area contributed by atoms with Gasteiger partial charge in [0.1, 0.15) is 0 Å². The minimum atomic E-state index is 0.525. The van der Waals surface area contributed by atoms with Crippen LogP contribution in [0.15, 0.2) is 48.5 Å². The number of alkyl halides is 1. The fraction of sp³-hybridized carbons (Fsp3) is 0.200. The Morgan fingerprint density at radius 2 is 1.41 bits per heavy atom. The SMILES string of the molecule is COCc1ccccc1-c1ccccc1CCl. The van der Waals surface area contributed by atoms with Crippen LogP contribution in [0.1, 0.15) is 11.1 Å². The van der Waals surface area contributed by atoms with Crippen molar-refractivity contribution >= 4 is 11.6 Å². The van der Waals surface area contributed by atoms with Gasteiger partial charge in [0.15, 0.2) is 0 Å². The van der Waals surface area contributed by atoms with E-state index in [-0.39, 0.29) is 0 Å². The first kappa shape index (κ1) is 12.2. The van der Waals surface area contributed by atoms with Crippen molar-refractivity contribution in [3.63, 3.8) is 0 Å². The van der Waals surface area contributed by atoms with Crippen LogP contribution in [0.25, 0.3) is 11.1 Å². The van der Waals surface area contributed by atoms with E-state index < -0.39 is 0 Å². The Labute approximate surface area is 107 Å². The molecule has 2 aromatic rings. The van der Waals surface area contributed by atoms with E-state index in [0.29, 0.717) is 12.5 Å². The Bertz CT molecular complexity index is 494. The van der Waals surface area contributed by atoms with Crippen molar-refractivity contribution in [2.45, 2.75) is 12.5 Å². The van der Waals surface area contributed by atoms with Crippen molar-refractivity contribution in [3.8, 4) is 11.1 Å². The molecule has 17 heavy (non-hydrogen) atoms. The Kier molecular flexibility index (Phi) is 4.18. The van der Waals surface area contributed by atoms with Crippen LogP contribution < -0.4 is 0 Å². The minimum absolute atomic E-state index is 0.525. The number of ether oxygens (including phenoxy) is 1. The van der Waals surface area contributed by atoms with Crippen molar-refractivity contribution < 1.29 is 4.74 Å². The maximum Gasteiger partial charge on any atom is 0.0719 e. The van der Waals surface area contributed by atoms with Crippen LogP contribution in [0.5, 0.6) is 0 Å². The van der Waals surface area contributed by atoms with Gasteiger partial charge in [-0.3, -0.25) is 0 Å². The van der Waals surface area contributed by atoms with Gasteiger partial charge in [0.05, 0.1) is 6.61 Å². The number of benzene rings is 2. The largest absolute Gasteiger partial charge is 0.380 e. The van der Waals surface area contributed by atoms with E-state index in [1.165, 1.54) is 16.7 Å². The summed E-state index contributed by atoms with van der Waals surface area (Å²) in [6, 6.07) is 16.5. The van der Waals surface area contributed by atoms with E-state index in [1.807, 2.05) is 24.3 Å². The molecule has 0 bridgehead atoms. The first-order chi connectivity index (χ1) is 8.36. The summed E-state index contributed by atoms with van der Waals surface area (Å²) in [5, 5.41) is 0. The summed E-state index contributed by atoms with van der Waals surface area (Å²) in [5.74, 6) is 0.525. The van der Waals surface area contributed by atoms with Crippen LogP contribution in [0, 0.1) is 0 Å². The highest BCUT2D eigenvalue weighted by molar-refractivity contribution is 6.17.